The summed E-state index contributed by atoms with van der Waals surface area (Å²) in [6.45, 7) is 1.90. The predicted molar refractivity (Wildman–Crippen MR) is 75.3 cm³/mol. The van der Waals surface area contributed by atoms with Gasteiger partial charge in [-0.05, 0) is 31.0 Å². The van der Waals surface area contributed by atoms with E-state index in [0.717, 1.165) is 37.1 Å². The highest BCUT2D eigenvalue weighted by molar-refractivity contribution is 7.22. The van der Waals surface area contributed by atoms with Crippen molar-refractivity contribution >= 4 is 26.7 Å². The van der Waals surface area contributed by atoms with Crippen LogP contribution in [0.5, 0.6) is 0 Å². The fraction of sp³-hybridized carbons (Fsp3) is 0.500. The zero-order chi connectivity index (χ0) is 14.2. The van der Waals surface area contributed by atoms with Crippen molar-refractivity contribution < 1.29 is 13.2 Å². The lowest BCUT2D eigenvalue weighted by molar-refractivity contribution is -0.137. The average Bonchev–Trinajstić information content (AvgIpc) is 2.63. The minimum Gasteiger partial charge on any atom is -0.348 e. The smallest absolute Gasteiger partial charge is 0.348 e. The second-order valence-electron chi connectivity index (χ2n) is 5.08. The summed E-state index contributed by atoms with van der Waals surface area (Å²) in [5.74, 6) is 0. The quantitative estimate of drug-likeness (QED) is 0.759. The van der Waals surface area contributed by atoms with Gasteiger partial charge in [0.1, 0.15) is 0 Å². The molecule has 6 heteroatoms. The molecule has 0 atom stereocenters. The Hall–Kier alpha value is -1.30. The number of nitrogens with zero attached hydrogens (tertiary/aromatic N) is 2. The number of hydrogen-bond acceptors (Lipinski definition) is 3. The van der Waals surface area contributed by atoms with Gasteiger partial charge in [-0.25, -0.2) is 4.98 Å². The molecule has 20 heavy (non-hydrogen) atoms. The van der Waals surface area contributed by atoms with E-state index in [9.17, 15) is 13.2 Å². The van der Waals surface area contributed by atoms with Crippen LogP contribution in [-0.4, -0.2) is 18.1 Å². The van der Waals surface area contributed by atoms with Gasteiger partial charge in [0.05, 0.1) is 15.8 Å². The second kappa shape index (κ2) is 5.24. The third-order valence-electron chi connectivity index (χ3n) is 3.58. The summed E-state index contributed by atoms with van der Waals surface area (Å²) in [4.78, 5) is 6.68. The van der Waals surface area contributed by atoms with Crippen LogP contribution in [0.1, 0.15) is 31.2 Å². The van der Waals surface area contributed by atoms with Crippen LogP contribution in [0, 0.1) is 0 Å². The first-order chi connectivity index (χ1) is 9.54. The lowest BCUT2D eigenvalue weighted by atomic mass is 10.2. The molecule has 0 amide bonds. The monoisotopic (exact) mass is 300 g/mol. The number of thiazole rings is 1. The zero-order valence-corrected chi connectivity index (χ0v) is 11.7. The molecule has 1 aromatic carbocycles. The lowest BCUT2D eigenvalue weighted by Crippen LogP contribution is -2.23. The van der Waals surface area contributed by atoms with Gasteiger partial charge in [0.15, 0.2) is 5.13 Å². The van der Waals surface area contributed by atoms with Gasteiger partial charge in [0.25, 0.3) is 0 Å². The number of hydrogen-bond donors (Lipinski definition) is 0. The number of aromatic nitrogens is 1. The van der Waals surface area contributed by atoms with Gasteiger partial charge in [-0.2, -0.15) is 13.2 Å². The molecule has 2 nitrogen and oxygen atoms in total. The molecular weight excluding hydrogens is 285 g/mol. The van der Waals surface area contributed by atoms with Crippen LogP contribution in [0.4, 0.5) is 18.3 Å². The van der Waals surface area contributed by atoms with Crippen molar-refractivity contribution in [1.82, 2.24) is 4.98 Å². The van der Waals surface area contributed by atoms with Crippen molar-refractivity contribution in [2.45, 2.75) is 31.9 Å². The van der Waals surface area contributed by atoms with Gasteiger partial charge in [0.2, 0.25) is 0 Å². The summed E-state index contributed by atoms with van der Waals surface area (Å²) in [5.41, 5.74) is 0.0540. The van der Waals surface area contributed by atoms with E-state index in [1.807, 2.05) is 0 Å². The Morgan fingerprint density at radius 2 is 1.75 bits per heavy atom. The molecule has 1 saturated heterocycles. The molecule has 1 fully saturated rings. The molecule has 0 bridgehead atoms. The number of fused-ring (bicyclic) bond motifs is 1. The number of anilines is 1. The molecule has 1 aliphatic heterocycles. The molecule has 0 radical (unpaired) electrons. The van der Waals surface area contributed by atoms with Crippen LogP contribution in [-0.2, 0) is 6.18 Å². The molecule has 0 saturated carbocycles. The van der Waals surface area contributed by atoms with Crippen LogP contribution in [0.3, 0.4) is 0 Å². The fourth-order valence-corrected chi connectivity index (χ4v) is 3.54. The summed E-state index contributed by atoms with van der Waals surface area (Å²) in [7, 11) is 0. The SMILES string of the molecule is FC(F)(F)c1ccc2nc(N3CCCCCC3)sc2c1. The first kappa shape index (κ1) is 13.7. The molecule has 3 rings (SSSR count). The predicted octanol–water partition coefficient (Wildman–Crippen LogP) is 4.70. The largest absolute Gasteiger partial charge is 0.416 e. The van der Waals surface area contributed by atoms with Crippen molar-refractivity contribution in [2.24, 2.45) is 0 Å². The van der Waals surface area contributed by atoms with E-state index < -0.39 is 11.7 Å². The number of rotatable bonds is 1. The third-order valence-corrected chi connectivity index (χ3v) is 4.66. The van der Waals surface area contributed by atoms with E-state index in [4.69, 9.17) is 0 Å². The molecule has 108 valence electrons. The molecular formula is C14H15F3N2S. The van der Waals surface area contributed by atoms with Gasteiger partial charge in [0, 0.05) is 13.1 Å². The average molecular weight is 300 g/mol. The molecule has 1 aliphatic rings. The first-order valence-electron chi connectivity index (χ1n) is 6.77. The first-order valence-corrected chi connectivity index (χ1v) is 7.58. The minimum atomic E-state index is -4.29. The molecule has 0 unspecified atom stereocenters. The molecule has 0 N–H and O–H groups in total. The number of benzene rings is 1. The van der Waals surface area contributed by atoms with Crippen LogP contribution < -0.4 is 4.90 Å². The number of alkyl halides is 3. The Bertz CT molecular complexity index is 598. The van der Waals surface area contributed by atoms with E-state index in [-0.39, 0.29) is 0 Å². The van der Waals surface area contributed by atoms with E-state index in [2.05, 4.69) is 9.88 Å². The maximum absolute atomic E-state index is 12.7. The zero-order valence-electron chi connectivity index (χ0n) is 10.9. The van der Waals surface area contributed by atoms with Gasteiger partial charge in [-0.15, -0.1) is 0 Å². The highest BCUT2D eigenvalue weighted by Crippen LogP contribution is 2.35. The Kier molecular flexibility index (Phi) is 3.58. The Morgan fingerprint density at radius 3 is 2.40 bits per heavy atom. The summed E-state index contributed by atoms with van der Waals surface area (Å²) in [6.07, 6.45) is 0.410. The molecule has 0 spiro atoms. The van der Waals surface area contributed by atoms with Crippen molar-refractivity contribution in [2.75, 3.05) is 18.0 Å². The summed E-state index contributed by atoms with van der Waals surface area (Å²) in [5, 5.41) is 0.848. The van der Waals surface area contributed by atoms with Gasteiger partial charge in [-0.1, -0.05) is 24.2 Å². The van der Waals surface area contributed by atoms with Gasteiger partial charge < -0.3 is 4.90 Å². The fourth-order valence-electron chi connectivity index (χ4n) is 2.49. The minimum absolute atomic E-state index is 0.601. The Labute approximate surface area is 119 Å². The van der Waals surface area contributed by atoms with Gasteiger partial charge >= 0.3 is 6.18 Å². The summed E-state index contributed by atoms with van der Waals surface area (Å²) >= 11 is 1.36. The highest BCUT2D eigenvalue weighted by Gasteiger charge is 2.30. The van der Waals surface area contributed by atoms with E-state index in [1.54, 1.807) is 0 Å². The summed E-state index contributed by atoms with van der Waals surface area (Å²) in [6, 6.07) is 3.78. The Balaban J connectivity index is 1.93. The Morgan fingerprint density at radius 1 is 1.05 bits per heavy atom. The van der Waals surface area contributed by atoms with Gasteiger partial charge in [-0.3, -0.25) is 0 Å². The second-order valence-corrected chi connectivity index (χ2v) is 6.09. The molecule has 2 aromatic rings. The van der Waals surface area contributed by atoms with E-state index >= 15 is 0 Å². The standard InChI is InChI=1S/C14H15F3N2S/c15-14(16,17)10-5-6-11-12(9-10)20-13(18-11)19-7-3-1-2-4-8-19/h5-6,9H,1-4,7-8H2. The molecule has 1 aromatic heterocycles. The maximum Gasteiger partial charge on any atom is 0.416 e. The number of halogens is 3. The third kappa shape index (κ3) is 2.75. The van der Waals surface area contributed by atoms with Crippen molar-refractivity contribution in [1.29, 1.82) is 0 Å². The van der Waals surface area contributed by atoms with Crippen LogP contribution in [0.25, 0.3) is 10.2 Å². The van der Waals surface area contributed by atoms with Crippen LogP contribution in [0.15, 0.2) is 18.2 Å². The lowest BCUT2D eigenvalue weighted by Gasteiger charge is -2.18. The van der Waals surface area contributed by atoms with E-state index in [0.29, 0.717) is 10.2 Å². The van der Waals surface area contributed by atoms with E-state index in [1.165, 1.54) is 36.3 Å². The van der Waals surface area contributed by atoms with Crippen molar-refractivity contribution in [3.63, 3.8) is 0 Å². The maximum atomic E-state index is 12.7. The summed E-state index contributed by atoms with van der Waals surface area (Å²) < 4.78 is 38.7. The highest BCUT2D eigenvalue weighted by atomic mass is 32.1. The van der Waals surface area contributed by atoms with Crippen molar-refractivity contribution in [3.8, 4) is 0 Å². The van der Waals surface area contributed by atoms with Crippen molar-refractivity contribution in [3.05, 3.63) is 23.8 Å². The normalized spacial score (nSPS) is 17.4. The topological polar surface area (TPSA) is 16.1 Å². The molecule has 0 aliphatic carbocycles. The van der Waals surface area contributed by atoms with Crippen LogP contribution >= 0.6 is 11.3 Å². The van der Waals surface area contributed by atoms with Crippen LogP contribution in [0.2, 0.25) is 0 Å². The molecule has 2 heterocycles.